The van der Waals surface area contributed by atoms with Crippen LogP contribution in [0.1, 0.15) is 37.8 Å². The Morgan fingerprint density at radius 2 is 2.29 bits per heavy atom. The molecule has 2 heterocycles. The molecule has 1 aromatic heterocycles. The zero-order chi connectivity index (χ0) is 12.1. The SMILES string of the molecule is CC(CCO)CNCc1nnc2n1CCCC2. The zero-order valence-corrected chi connectivity index (χ0v) is 10.5. The molecule has 0 aromatic carbocycles. The van der Waals surface area contributed by atoms with E-state index in [0.29, 0.717) is 5.92 Å². The van der Waals surface area contributed by atoms with Crippen molar-refractivity contribution in [1.82, 2.24) is 20.1 Å². The van der Waals surface area contributed by atoms with Gasteiger partial charge in [-0.25, -0.2) is 0 Å². The monoisotopic (exact) mass is 238 g/mol. The van der Waals surface area contributed by atoms with Crippen molar-refractivity contribution in [3.05, 3.63) is 11.6 Å². The van der Waals surface area contributed by atoms with Crippen molar-refractivity contribution < 1.29 is 5.11 Å². The highest BCUT2D eigenvalue weighted by Crippen LogP contribution is 2.14. The van der Waals surface area contributed by atoms with E-state index in [1.165, 1.54) is 12.8 Å². The van der Waals surface area contributed by atoms with Crippen molar-refractivity contribution in [2.24, 2.45) is 5.92 Å². The Hall–Kier alpha value is -0.940. The fourth-order valence-electron chi connectivity index (χ4n) is 2.25. The van der Waals surface area contributed by atoms with Crippen LogP contribution in [0.5, 0.6) is 0 Å². The summed E-state index contributed by atoms with van der Waals surface area (Å²) in [6.07, 6.45) is 4.39. The molecule has 1 aliphatic heterocycles. The van der Waals surface area contributed by atoms with Gasteiger partial charge in [0.15, 0.2) is 0 Å². The molecule has 1 unspecified atom stereocenters. The highest BCUT2D eigenvalue weighted by molar-refractivity contribution is 4.98. The fourth-order valence-corrected chi connectivity index (χ4v) is 2.25. The first kappa shape index (κ1) is 12.5. The summed E-state index contributed by atoms with van der Waals surface area (Å²) in [4.78, 5) is 0. The summed E-state index contributed by atoms with van der Waals surface area (Å²) < 4.78 is 2.24. The number of aryl methyl sites for hydroxylation is 1. The van der Waals surface area contributed by atoms with Crippen LogP contribution in [0.15, 0.2) is 0 Å². The lowest BCUT2D eigenvalue weighted by molar-refractivity contribution is 0.260. The predicted molar refractivity (Wildman–Crippen MR) is 65.5 cm³/mol. The average molecular weight is 238 g/mol. The van der Waals surface area contributed by atoms with Crippen LogP contribution < -0.4 is 5.32 Å². The predicted octanol–water partition coefficient (Wildman–Crippen LogP) is 0.722. The Labute approximate surface area is 102 Å². The van der Waals surface area contributed by atoms with Crippen molar-refractivity contribution in [2.75, 3.05) is 13.2 Å². The summed E-state index contributed by atoms with van der Waals surface area (Å²) in [5.41, 5.74) is 0. The topological polar surface area (TPSA) is 63.0 Å². The molecular weight excluding hydrogens is 216 g/mol. The summed E-state index contributed by atoms with van der Waals surface area (Å²) in [5.74, 6) is 2.69. The minimum Gasteiger partial charge on any atom is -0.396 e. The third-order valence-corrected chi connectivity index (χ3v) is 3.33. The molecule has 17 heavy (non-hydrogen) atoms. The van der Waals surface area contributed by atoms with Crippen LogP contribution in [0.2, 0.25) is 0 Å². The molecule has 0 saturated heterocycles. The van der Waals surface area contributed by atoms with Crippen LogP contribution in [-0.4, -0.2) is 33.0 Å². The second-order valence-electron chi connectivity index (χ2n) is 4.89. The number of rotatable bonds is 6. The number of hydrogen-bond acceptors (Lipinski definition) is 4. The Balaban J connectivity index is 1.81. The van der Waals surface area contributed by atoms with Crippen molar-refractivity contribution >= 4 is 0 Å². The summed E-state index contributed by atoms with van der Waals surface area (Å²) in [7, 11) is 0. The number of nitrogens with zero attached hydrogens (tertiary/aromatic N) is 3. The molecule has 2 rings (SSSR count). The molecular formula is C12H22N4O. The highest BCUT2D eigenvalue weighted by Gasteiger charge is 2.15. The Bertz CT molecular complexity index is 350. The van der Waals surface area contributed by atoms with Crippen molar-refractivity contribution in [2.45, 2.75) is 45.7 Å². The van der Waals surface area contributed by atoms with Gasteiger partial charge in [0.2, 0.25) is 0 Å². The fraction of sp³-hybridized carbons (Fsp3) is 0.833. The van der Waals surface area contributed by atoms with Crippen molar-refractivity contribution in [3.63, 3.8) is 0 Å². The number of fused-ring (bicyclic) bond motifs is 1. The van der Waals surface area contributed by atoms with Gasteiger partial charge in [-0.2, -0.15) is 0 Å². The number of aliphatic hydroxyl groups is 1. The van der Waals surface area contributed by atoms with Gasteiger partial charge in [0.1, 0.15) is 11.6 Å². The Kier molecular flexibility index (Phi) is 4.50. The quantitative estimate of drug-likeness (QED) is 0.766. The van der Waals surface area contributed by atoms with Gasteiger partial charge in [-0.15, -0.1) is 10.2 Å². The van der Waals surface area contributed by atoms with Crippen LogP contribution in [-0.2, 0) is 19.5 Å². The average Bonchev–Trinajstić information content (AvgIpc) is 2.73. The van der Waals surface area contributed by atoms with Gasteiger partial charge in [0.05, 0.1) is 6.54 Å². The minimum absolute atomic E-state index is 0.267. The standard InChI is InChI=1S/C12H22N4O/c1-10(5-7-17)8-13-9-12-15-14-11-4-2-3-6-16(11)12/h10,13,17H,2-9H2,1H3. The van der Waals surface area contributed by atoms with Crippen LogP contribution in [0.4, 0.5) is 0 Å². The van der Waals surface area contributed by atoms with E-state index in [1.54, 1.807) is 0 Å². The van der Waals surface area contributed by atoms with Crippen LogP contribution in [0, 0.1) is 5.92 Å². The third-order valence-electron chi connectivity index (χ3n) is 3.33. The maximum absolute atomic E-state index is 8.82. The van der Waals surface area contributed by atoms with Gasteiger partial charge >= 0.3 is 0 Å². The van der Waals surface area contributed by atoms with E-state index in [4.69, 9.17) is 5.11 Å². The third kappa shape index (κ3) is 3.26. The molecule has 96 valence electrons. The maximum atomic E-state index is 8.82. The van der Waals surface area contributed by atoms with E-state index in [-0.39, 0.29) is 6.61 Å². The normalized spacial score (nSPS) is 16.8. The maximum Gasteiger partial charge on any atom is 0.147 e. The zero-order valence-electron chi connectivity index (χ0n) is 10.5. The van der Waals surface area contributed by atoms with Gasteiger partial charge in [-0.1, -0.05) is 6.92 Å². The summed E-state index contributed by atoms with van der Waals surface area (Å²) >= 11 is 0. The molecule has 1 aliphatic rings. The molecule has 2 N–H and O–H groups in total. The minimum atomic E-state index is 0.267. The van der Waals surface area contributed by atoms with Crippen molar-refractivity contribution in [3.8, 4) is 0 Å². The molecule has 5 heteroatoms. The summed E-state index contributed by atoms with van der Waals surface area (Å²) in [6.45, 7) is 5.17. The number of nitrogens with one attached hydrogen (secondary N) is 1. The molecule has 1 atom stereocenters. The van der Waals surface area contributed by atoms with Gasteiger partial charge in [-0.05, 0) is 31.7 Å². The van der Waals surface area contributed by atoms with Gasteiger partial charge in [0.25, 0.3) is 0 Å². The molecule has 0 saturated carbocycles. The molecule has 0 radical (unpaired) electrons. The molecule has 1 aromatic rings. The van der Waals surface area contributed by atoms with E-state index < -0.39 is 0 Å². The number of aliphatic hydroxyl groups excluding tert-OH is 1. The first-order chi connectivity index (χ1) is 8.31. The lowest BCUT2D eigenvalue weighted by Gasteiger charge is -2.15. The molecule has 0 bridgehead atoms. The Morgan fingerprint density at radius 1 is 1.41 bits per heavy atom. The second-order valence-corrected chi connectivity index (χ2v) is 4.89. The molecule has 0 amide bonds. The smallest absolute Gasteiger partial charge is 0.147 e. The summed E-state index contributed by atoms with van der Waals surface area (Å²) in [6, 6.07) is 0. The lowest BCUT2D eigenvalue weighted by atomic mass is 10.1. The molecule has 0 fully saturated rings. The van der Waals surface area contributed by atoms with E-state index in [9.17, 15) is 0 Å². The van der Waals surface area contributed by atoms with Crippen LogP contribution in [0.3, 0.4) is 0 Å². The molecule has 5 nitrogen and oxygen atoms in total. The van der Waals surface area contributed by atoms with E-state index in [1.807, 2.05) is 0 Å². The molecule has 0 aliphatic carbocycles. The number of aromatic nitrogens is 3. The van der Waals surface area contributed by atoms with Crippen LogP contribution >= 0.6 is 0 Å². The molecule has 0 spiro atoms. The van der Waals surface area contributed by atoms with Crippen molar-refractivity contribution in [1.29, 1.82) is 0 Å². The second kappa shape index (κ2) is 6.12. The van der Waals surface area contributed by atoms with E-state index >= 15 is 0 Å². The largest absolute Gasteiger partial charge is 0.396 e. The van der Waals surface area contributed by atoms with E-state index in [2.05, 4.69) is 27.0 Å². The highest BCUT2D eigenvalue weighted by atomic mass is 16.3. The van der Waals surface area contributed by atoms with E-state index in [0.717, 1.165) is 44.1 Å². The first-order valence-electron chi connectivity index (χ1n) is 6.53. The van der Waals surface area contributed by atoms with Crippen LogP contribution in [0.25, 0.3) is 0 Å². The van der Waals surface area contributed by atoms with Gasteiger partial charge in [-0.3, -0.25) is 0 Å². The van der Waals surface area contributed by atoms with Gasteiger partial charge in [0, 0.05) is 19.6 Å². The van der Waals surface area contributed by atoms with Gasteiger partial charge < -0.3 is 15.0 Å². The Morgan fingerprint density at radius 3 is 3.12 bits per heavy atom. The first-order valence-corrected chi connectivity index (χ1v) is 6.53. The summed E-state index contributed by atoms with van der Waals surface area (Å²) in [5, 5.41) is 20.7. The lowest BCUT2D eigenvalue weighted by Crippen LogP contribution is -2.24. The number of hydrogen-bond donors (Lipinski definition) is 2.